The molecule has 0 atom stereocenters. The quantitative estimate of drug-likeness (QED) is 0.845. The van der Waals surface area contributed by atoms with Crippen LogP contribution in [0.25, 0.3) is 0 Å². The number of anilines is 1. The summed E-state index contributed by atoms with van der Waals surface area (Å²) in [6.07, 6.45) is 0. The maximum absolute atomic E-state index is 13.1. The van der Waals surface area contributed by atoms with E-state index in [4.69, 9.17) is 18.0 Å². The molecule has 0 aliphatic heterocycles. The van der Waals surface area contributed by atoms with E-state index in [1.54, 1.807) is 31.3 Å². The van der Waals surface area contributed by atoms with E-state index in [0.29, 0.717) is 21.3 Å². The molecule has 0 fully saturated rings. The normalized spacial score (nSPS) is 10.2. The van der Waals surface area contributed by atoms with Gasteiger partial charge in [-0.25, -0.2) is 4.39 Å². The Hall–Kier alpha value is -1.79. The van der Waals surface area contributed by atoms with Gasteiger partial charge in [0, 0.05) is 22.8 Å². The Balaban J connectivity index is 2.35. The van der Waals surface area contributed by atoms with Crippen molar-refractivity contribution in [2.75, 3.05) is 11.9 Å². The molecule has 0 bridgehead atoms. The van der Waals surface area contributed by atoms with Gasteiger partial charge in [0.25, 0.3) is 5.91 Å². The fourth-order valence-electron chi connectivity index (χ4n) is 1.83. The van der Waals surface area contributed by atoms with Gasteiger partial charge in [-0.3, -0.25) is 4.79 Å². The molecule has 0 spiro atoms. The van der Waals surface area contributed by atoms with E-state index in [9.17, 15) is 9.18 Å². The van der Waals surface area contributed by atoms with Crippen LogP contribution in [0.3, 0.4) is 0 Å². The highest BCUT2D eigenvalue weighted by Gasteiger charge is 2.17. The highest BCUT2D eigenvalue weighted by Crippen LogP contribution is 2.23. The molecule has 0 aliphatic rings. The Morgan fingerprint density at radius 1 is 1.29 bits per heavy atom. The predicted octanol–water partition coefficient (Wildman–Crippen LogP) is 3.50. The Kier molecular flexibility index (Phi) is 4.69. The van der Waals surface area contributed by atoms with Gasteiger partial charge in [0.1, 0.15) is 10.8 Å². The van der Waals surface area contributed by atoms with Crippen molar-refractivity contribution in [1.29, 1.82) is 0 Å². The van der Waals surface area contributed by atoms with Crippen molar-refractivity contribution < 1.29 is 9.18 Å². The summed E-state index contributed by atoms with van der Waals surface area (Å²) in [6.45, 7) is 0. The minimum absolute atomic E-state index is 0.262. The lowest BCUT2D eigenvalue weighted by molar-refractivity contribution is 0.0992. The van der Waals surface area contributed by atoms with Gasteiger partial charge in [0.2, 0.25) is 0 Å². The van der Waals surface area contributed by atoms with E-state index in [0.717, 1.165) is 0 Å². The van der Waals surface area contributed by atoms with Crippen LogP contribution in [0.4, 0.5) is 10.1 Å². The van der Waals surface area contributed by atoms with Crippen molar-refractivity contribution in [3.63, 3.8) is 0 Å². The van der Waals surface area contributed by atoms with Gasteiger partial charge in [0.15, 0.2) is 0 Å². The van der Waals surface area contributed by atoms with Crippen LogP contribution in [0, 0.1) is 5.82 Å². The number of nitrogens with two attached hydrogens (primary N) is 1. The van der Waals surface area contributed by atoms with Crippen molar-refractivity contribution in [3.8, 4) is 0 Å². The number of carbonyl (C=O) groups excluding carboxylic acids is 1. The number of halogens is 2. The Morgan fingerprint density at radius 2 is 2.00 bits per heavy atom. The molecule has 1 amide bonds. The van der Waals surface area contributed by atoms with Gasteiger partial charge in [0.05, 0.1) is 5.56 Å². The molecule has 0 aromatic heterocycles. The van der Waals surface area contributed by atoms with Crippen LogP contribution < -0.4 is 10.6 Å². The molecular weight excluding hydrogens is 355 g/mol. The Labute approximate surface area is 135 Å². The predicted molar refractivity (Wildman–Crippen MR) is 89.2 cm³/mol. The van der Waals surface area contributed by atoms with Gasteiger partial charge >= 0.3 is 0 Å². The van der Waals surface area contributed by atoms with E-state index >= 15 is 0 Å². The lowest BCUT2D eigenvalue weighted by Gasteiger charge is -2.19. The summed E-state index contributed by atoms with van der Waals surface area (Å²) in [5, 5.41) is 0. The molecule has 0 saturated carbocycles. The zero-order valence-electron chi connectivity index (χ0n) is 11.1. The molecule has 2 aromatic carbocycles. The largest absolute Gasteiger partial charge is 0.389 e. The van der Waals surface area contributed by atoms with Crippen molar-refractivity contribution in [2.45, 2.75) is 0 Å². The standard InChI is InChI=1S/C15H12BrFN2OS/c1-19(11-4-2-3-9(7-11)14(18)21)15(20)12-6-5-10(17)8-13(12)16/h2-8H,1H3,(H2,18,21). The number of hydrogen-bond donors (Lipinski definition) is 1. The summed E-state index contributed by atoms with van der Waals surface area (Å²) >= 11 is 8.13. The van der Waals surface area contributed by atoms with E-state index in [1.165, 1.54) is 23.1 Å². The molecule has 6 heteroatoms. The summed E-state index contributed by atoms with van der Waals surface area (Å²) < 4.78 is 13.5. The molecule has 2 N–H and O–H groups in total. The van der Waals surface area contributed by atoms with Crippen LogP contribution >= 0.6 is 28.1 Å². The first kappa shape index (κ1) is 15.6. The second-order valence-electron chi connectivity index (χ2n) is 4.40. The molecule has 0 saturated heterocycles. The summed E-state index contributed by atoms with van der Waals surface area (Å²) in [7, 11) is 1.64. The maximum Gasteiger partial charge on any atom is 0.259 e. The topological polar surface area (TPSA) is 46.3 Å². The van der Waals surface area contributed by atoms with Gasteiger partial charge in [-0.05, 0) is 46.3 Å². The third-order valence-corrected chi connectivity index (χ3v) is 3.88. The number of rotatable bonds is 3. The second kappa shape index (κ2) is 6.32. The smallest absolute Gasteiger partial charge is 0.259 e. The van der Waals surface area contributed by atoms with Crippen LogP contribution in [0.15, 0.2) is 46.9 Å². The van der Waals surface area contributed by atoms with Crippen LogP contribution in [0.1, 0.15) is 15.9 Å². The summed E-state index contributed by atoms with van der Waals surface area (Å²) in [4.78, 5) is 14.2. The molecule has 0 unspecified atom stereocenters. The molecule has 2 rings (SSSR count). The molecule has 0 heterocycles. The molecule has 0 radical (unpaired) electrons. The molecule has 2 aromatic rings. The van der Waals surface area contributed by atoms with E-state index in [1.807, 2.05) is 0 Å². The van der Waals surface area contributed by atoms with Crippen molar-refractivity contribution in [3.05, 3.63) is 63.9 Å². The van der Waals surface area contributed by atoms with Gasteiger partial charge in [-0.2, -0.15) is 0 Å². The monoisotopic (exact) mass is 366 g/mol. The van der Waals surface area contributed by atoms with Crippen LogP contribution in [0.5, 0.6) is 0 Å². The molecule has 21 heavy (non-hydrogen) atoms. The second-order valence-corrected chi connectivity index (χ2v) is 5.70. The number of amides is 1. The lowest BCUT2D eigenvalue weighted by atomic mass is 10.1. The Morgan fingerprint density at radius 3 is 2.62 bits per heavy atom. The van der Waals surface area contributed by atoms with Crippen molar-refractivity contribution in [2.24, 2.45) is 5.73 Å². The third-order valence-electron chi connectivity index (χ3n) is 2.98. The summed E-state index contributed by atoms with van der Waals surface area (Å²) in [5.41, 5.74) is 7.30. The fourth-order valence-corrected chi connectivity index (χ4v) is 2.48. The first-order chi connectivity index (χ1) is 9.90. The first-order valence-corrected chi connectivity index (χ1v) is 7.23. The minimum Gasteiger partial charge on any atom is -0.389 e. The van der Waals surface area contributed by atoms with E-state index in [-0.39, 0.29) is 10.9 Å². The summed E-state index contributed by atoms with van der Waals surface area (Å²) in [6, 6.07) is 11.0. The minimum atomic E-state index is -0.406. The molecule has 108 valence electrons. The van der Waals surface area contributed by atoms with Crippen LogP contribution in [-0.4, -0.2) is 17.9 Å². The van der Waals surface area contributed by atoms with Crippen LogP contribution in [-0.2, 0) is 0 Å². The first-order valence-electron chi connectivity index (χ1n) is 6.03. The molecule has 3 nitrogen and oxygen atoms in total. The highest BCUT2D eigenvalue weighted by atomic mass is 79.9. The third kappa shape index (κ3) is 3.46. The average Bonchev–Trinajstić information content (AvgIpc) is 2.46. The lowest BCUT2D eigenvalue weighted by Crippen LogP contribution is -2.27. The number of nitrogens with zero attached hydrogens (tertiary/aromatic N) is 1. The van der Waals surface area contributed by atoms with Gasteiger partial charge < -0.3 is 10.6 Å². The molecule has 0 aliphatic carbocycles. The maximum atomic E-state index is 13.1. The number of hydrogen-bond acceptors (Lipinski definition) is 2. The summed E-state index contributed by atoms with van der Waals surface area (Å²) in [5.74, 6) is -0.668. The van der Waals surface area contributed by atoms with Gasteiger partial charge in [-0.15, -0.1) is 0 Å². The highest BCUT2D eigenvalue weighted by molar-refractivity contribution is 9.10. The fraction of sp³-hybridized carbons (Fsp3) is 0.0667. The SMILES string of the molecule is CN(C(=O)c1ccc(F)cc1Br)c1cccc(C(N)=S)c1. The van der Waals surface area contributed by atoms with E-state index in [2.05, 4.69) is 15.9 Å². The zero-order chi connectivity index (χ0) is 15.6. The van der Waals surface area contributed by atoms with E-state index < -0.39 is 5.82 Å². The van der Waals surface area contributed by atoms with Crippen molar-refractivity contribution >= 4 is 44.7 Å². The number of thiocarbonyl (C=S) groups is 1. The number of benzene rings is 2. The molecular formula is C15H12BrFN2OS. The van der Waals surface area contributed by atoms with Crippen LogP contribution in [0.2, 0.25) is 0 Å². The van der Waals surface area contributed by atoms with Crippen molar-refractivity contribution in [1.82, 2.24) is 0 Å². The Bertz CT molecular complexity index is 721. The zero-order valence-corrected chi connectivity index (χ0v) is 13.5. The average molecular weight is 367 g/mol. The number of carbonyl (C=O) groups is 1. The van der Waals surface area contributed by atoms with Gasteiger partial charge in [-0.1, -0.05) is 24.4 Å².